The van der Waals surface area contributed by atoms with E-state index in [1.54, 1.807) is 0 Å². The van der Waals surface area contributed by atoms with Gasteiger partial charge in [-0.25, -0.2) is 0 Å². The van der Waals surface area contributed by atoms with E-state index in [0.29, 0.717) is 0 Å². The number of hydrogen-bond donors (Lipinski definition) is 3. The van der Waals surface area contributed by atoms with E-state index < -0.39 is 0 Å². The van der Waals surface area contributed by atoms with Crippen LogP contribution in [-0.4, -0.2) is 17.9 Å². The fourth-order valence-electron chi connectivity index (χ4n) is 3.09. The van der Waals surface area contributed by atoms with Crippen LogP contribution in [0.3, 0.4) is 0 Å². The van der Waals surface area contributed by atoms with Gasteiger partial charge in [0.1, 0.15) is 0 Å². The lowest BCUT2D eigenvalue weighted by Crippen LogP contribution is -2.49. The van der Waals surface area contributed by atoms with Gasteiger partial charge in [0.25, 0.3) is 0 Å². The van der Waals surface area contributed by atoms with Gasteiger partial charge in [-0.15, -0.1) is 12.4 Å². The molecular formula is C17H26ClN3O2. The van der Waals surface area contributed by atoms with Crippen LogP contribution in [0.4, 0.5) is 0 Å². The summed E-state index contributed by atoms with van der Waals surface area (Å²) in [7, 11) is 0. The molecule has 0 spiro atoms. The SMILES string of the molecule is CC(C(=O)NC1CCCCC1C(N)=O)C(N)c1ccccc1.Cl. The quantitative estimate of drug-likeness (QED) is 0.764. The Morgan fingerprint density at radius 2 is 1.78 bits per heavy atom. The average molecular weight is 340 g/mol. The molecule has 0 radical (unpaired) electrons. The van der Waals surface area contributed by atoms with Crippen molar-refractivity contribution in [3.05, 3.63) is 35.9 Å². The Hall–Kier alpha value is -1.59. The van der Waals surface area contributed by atoms with Gasteiger partial charge in [0.15, 0.2) is 0 Å². The number of halogens is 1. The zero-order chi connectivity index (χ0) is 16.1. The predicted octanol–water partition coefficient (Wildman–Crippen LogP) is 1.90. The maximum atomic E-state index is 12.5. The molecule has 5 N–H and O–H groups in total. The van der Waals surface area contributed by atoms with Crippen molar-refractivity contribution in [3.8, 4) is 0 Å². The number of rotatable bonds is 5. The van der Waals surface area contributed by atoms with E-state index in [1.165, 1.54) is 0 Å². The molecule has 6 heteroatoms. The lowest BCUT2D eigenvalue weighted by molar-refractivity contribution is -0.128. The van der Waals surface area contributed by atoms with E-state index in [2.05, 4.69) is 5.32 Å². The summed E-state index contributed by atoms with van der Waals surface area (Å²) in [5.41, 5.74) is 12.6. The summed E-state index contributed by atoms with van der Waals surface area (Å²) >= 11 is 0. The highest BCUT2D eigenvalue weighted by Gasteiger charge is 2.32. The summed E-state index contributed by atoms with van der Waals surface area (Å²) < 4.78 is 0. The summed E-state index contributed by atoms with van der Waals surface area (Å²) in [5.74, 6) is -1.07. The minimum Gasteiger partial charge on any atom is -0.369 e. The summed E-state index contributed by atoms with van der Waals surface area (Å²) in [4.78, 5) is 24.0. The van der Waals surface area contributed by atoms with Crippen molar-refractivity contribution in [2.75, 3.05) is 0 Å². The van der Waals surface area contributed by atoms with E-state index >= 15 is 0 Å². The molecule has 0 aromatic heterocycles. The number of nitrogens with one attached hydrogen (secondary N) is 1. The molecule has 5 nitrogen and oxygen atoms in total. The van der Waals surface area contributed by atoms with Gasteiger partial charge in [-0.1, -0.05) is 50.1 Å². The van der Waals surface area contributed by atoms with E-state index in [1.807, 2.05) is 37.3 Å². The smallest absolute Gasteiger partial charge is 0.224 e. The molecular weight excluding hydrogens is 314 g/mol. The second kappa shape index (κ2) is 8.89. The summed E-state index contributed by atoms with van der Waals surface area (Å²) in [6.07, 6.45) is 3.54. The Bertz CT molecular complexity index is 524. The first-order valence-corrected chi connectivity index (χ1v) is 7.91. The van der Waals surface area contributed by atoms with Gasteiger partial charge in [-0.05, 0) is 18.4 Å². The largest absolute Gasteiger partial charge is 0.369 e. The Morgan fingerprint density at radius 1 is 1.17 bits per heavy atom. The molecule has 128 valence electrons. The molecule has 1 aliphatic carbocycles. The molecule has 0 aliphatic heterocycles. The highest BCUT2D eigenvalue weighted by molar-refractivity contribution is 5.85. The fraction of sp³-hybridized carbons (Fsp3) is 0.529. The molecule has 2 rings (SSSR count). The van der Waals surface area contributed by atoms with E-state index in [4.69, 9.17) is 11.5 Å². The average Bonchev–Trinajstić information content (AvgIpc) is 2.54. The monoisotopic (exact) mass is 339 g/mol. The van der Waals surface area contributed by atoms with Gasteiger partial charge >= 0.3 is 0 Å². The first kappa shape index (κ1) is 19.5. The van der Waals surface area contributed by atoms with Crippen LogP contribution in [0, 0.1) is 11.8 Å². The van der Waals surface area contributed by atoms with Crippen molar-refractivity contribution in [3.63, 3.8) is 0 Å². The zero-order valence-corrected chi connectivity index (χ0v) is 14.2. The molecule has 1 aromatic rings. The van der Waals surface area contributed by atoms with Crippen LogP contribution in [0.2, 0.25) is 0 Å². The third-order valence-electron chi connectivity index (χ3n) is 4.60. The minimum absolute atomic E-state index is 0. The third-order valence-corrected chi connectivity index (χ3v) is 4.60. The first-order chi connectivity index (χ1) is 10.5. The van der Waals surface area contributed by atoms with Crippen molar-refractivity contribution in [1.29, 1.82) is 0 Å². The molecule has 1 saturated carbocycles. The number of carbonyl (C=O) groups is 2. The predicted molar refractivity (Wildman–Crippen MR) is 92.9 cm³/mol. The summed E-state index contributed by atoms with van der Waals surface area (Å²) in [6.45, 7) is 1.81. The lowest BCUT2D eigenvalue weighted by atomic mass is 9.83. The van der Waals surface area contributed by atoms with Gasteiger partial charge in [0.2, 0.25) is 11.8 Å². The second-order valence-electron chi connectivity index (χ2n) is 6.13. The minimum atomic E-state index is -0.364. The number of carbonyl (C=O) groups excluding carboxylic acids is 2. The molecule has 0 bridgehead atoms. The standard InChI is InChI=1S/C17H25N3O2.ClH/c1-11(15(18)12-7-3-2-4-8-12)17(22)20-14-10-6-5-9-13(14)16(19)21;/h2-4,7-8,11,13-15H,5-6,9-10,18H2,1H3,(H2,19,21)(H,20,22);1H. The summed E-state index contributed by atoms with van der Waals surface area (Å²) in [5, 5.41) is 2.98. The van der Waals surface area contributed by atoms with Crippen molar-refractivity contribution in [1.82, 2.24) is 5.32 Å². The second-order valence-corrected chi connectivity index (χ2v) is 6.13. The third kappa shape index (κ3) is 4.94. The molecule has 2 amide bonds. The van der Waals surface area contributed by atoms with Gasteiger partial charge in [-0.3, -0.25) is 9.59 Å². The van der Waals surface area contributed by atoms with E-state index in [-0.39, 0.29) is 48.1 Å². The number of primary amides is 1. The Kier molecular flexibility index (Phi) is 7.52. The lowest BCUT2D eigenvalue weighted by Gasteiger charge is -2.31. The fourth-order valence-corrected chi connectivity index (χ4v) is 3.09. The highest BCUT2D eigenvalue weighted by Crippen LogP contribution is 2.25. The van der Waals surface area contributed by atoms with Crippen LogP contribution in [0.25, 0.3) is 0 Å². The van der Waals surface area contributed by atoms with Crippen molar-refractivity contribution >= 4 is 24.2 Å². The first-order valence-electron chi connectivity index (χ1n) is 7.91. The van der Waals surface area contributed by atoms with Crippen molar-refractivity contribution in [2.24, 2.45) is 23.3 Å². The van der Waals surface area contributed by atoms with Crippen LogP contribution in [0.1, 0.15) is 44.2 Å². The van der Waals surface area contributed by atoms with E-state index in [0.717, 1.165) is 31.2 Å². The Morgan fingerprint density at radius 3 is 2.39 bits per heavy atom. The van der Waals surface area contributed by atoms with Gasteiger partial charge in [0, 0.05) is 12.1 Å². The van der Waals surface area contributed by atoms with Crippen LogP contribution in [0.15, 0.2) is 30.3 Å². The van der Waals surface area contributed by atoms with Crippen molar-refractivity contribution < 1.29 is 9.59 Å². The normalized spacial score (nSPS) is 23.2. The Labute approximate surface area is 143 Å². The topological polar surface area (TPSA) is 98.2 Å². The molecule has 4 atom stereocenters. The molecule has 1 aliphatic rings. The summed E-state index contributed by atoms with van der Waals surface area (Å²) in [6, 6.07) is 9.04. The maximum absolute atomic E-state index is 12.5. The zero-order valence-electron chi connectivity index (χ0n) is 13.4. The van der Waals surface area contributed by atoms with Gasteiger partial charge in [-0.2, -0.15) is 0 Å². The highest BCUT2D eigenvalue weighted by atomic mass is 35.5. The molecule has 4 unspecified atom stereocenters. The molecule has 1 aromatic carbocycles. The molecule has 23 heavy (non-hydrogen) atoms. The van der Waals surface area contributed by atoms with E-state index in [9.17, 15) is 9.59 Å². The number of hydrogen-bond acceptors (Lipinski definition) is 3. The molecule has 1 fully saturated rings. The Balaban J connectivity index is 0.00000264. The molecule has 0 saturated heterocycles. The van der Waals surface area contributed by atoms with Crippen LogP contribution < -0.4 is 16.8 Å². The van der Waals surface area contributed by atoms with Crippen molar-refractivity contribution in [2.45, 2.75) is 44.7 Å². The number of amides is 2. The van der Waals surface area contributed by atoms with Gasteiger partial charge in [0.05, 0.1) is 11.8 Å². The van der Waals surface area contributed by atoms with Crippen LogP contribution in [0.5, 0.6) is 0 Å². The number of benzene rings is 1. The van der Waals surface area contributed by atoms with Crippen LogP contribution >= 0.6 is 12.4 Å². The number of nitrogens with two attached hydrogens (primary N) is 2. The molecule has 0 heterocycles. The van der Waals surface area contributed by atoms with Crippen LogP contribution in [-0.2, 0) is 9.59 Å². The van der Waals surface area contributed by atoms with Gasteiger partial charge < -0.3 is 16.8 Å². The maximum Gasteiger partial charge on any atom is 0.224 e.